The van der Waals surface area contributed by atoms with Crippen LogP contribution < -0.4 is 0 Å². The molecule has 0 bridgehead atoms. The Morgan fingerprint density at radius 1 is 1.21 bits per heavy atom. The summed E-state index contributed by atoms with van der Waals surface area (Å²) in [5.74, 6) is 0.460. The fourth-order valence-electron chi connectivity index (χ4n) is 3.76. The predicted molar refractivity (Wildman–Crippen MR) is 89.9 cm³/mol. The van der Waals surface area contributed by atoms with Gasteiger partial charge in [-0.2, -0.15) is 0 Å². The van der Waals surface area contributed by atoms with Crippen LogP contribution in [0.15, 0.2) is 10.8 Å². The van der Waals surface area contributed by atoms with E-state index in [4.69, 9.17) is 4.42 Å². The summed E-state index contributed by atoms with van der Waals surface area (Å²) < 4.78 is 5.15. The number of carbonyl (C=O) groups is 1. The second kappa shape index (κ2) is 7.63. The Morgan fingerprint density at radius 3 is 2.75 bits per heavy atom. The summed E-state index contributed by atoms with van der Waals surface area (Å²) in [6.45, 7) is 7.11. The van der Waals surface area contributed by atoms with Gasteiger partial charge in [0.15, 0.2) is 12.1 Å². The molecule has 1 aromatic heterocycles. The molecule has 3 rings (SSSR count). The van der Waals surface area contributed by atoms with Crippen LogP contribution in [0.2, 0.25) is 0 Å². The predicted octanol–water partition coefficient (Wildman–Crippen LogP) is 0.586. The maximum atomic E-state index is 12.6. The van der Waals surface area contributed by atoms with Crippen LogP contribution in [0.5, 0.6) is 0 Å². The largest absolute Gasteiger partial charge is 0.448 e. The summed E-state index contributed by atoms with van der Waals surface area (Å²) in [5, 5.41) is 10.6. The van der Waals surface area contributed by atoms with Crippen molar-refractivity contribution in [3.05, 3.63) is 17.8 Å². The first-order chi connectivity index (χ1) is 11.6. The fourth-order valence-corrected chi connectivity index (χ4v) is 3.76. The second-order valence-corrected chi connectivity index (χ2v) is 6.95. The van der Waals surface area contributed by atoms with Crippen molar-refractivity contribution in [2.24, 2.45) is 0 Å². The van der Waals surface area contributed by atoms with Gasteiger partial charge in [0.25, 0.3) is 5.91 Å². The zero-order valence-electron chi connectivity index (χ0n) is 14.6. The molecule has 2 fully saturated rings. The lowest BCUT2D eigenvalue weighted by Crippen LogP contribution is -2.45. The molecule has 1 N–H and O–H groups in total. The first kappa shape index (κ1) is 17.4. The lowest BCUT2D eigenvalue weighted by Gasteiger charge is -2.32. The van der Waals surface area contributed by atoms with Gasteiger partial charge in [0, 0.05) is 32.2 Å². The number of aliphatic hydroxyl groups excluding tert-OH is 1. The Labute approximate surface area is 143 Å². The second-order valence-electron chi connectivity index (χ2n) is 6.95. The number of aliphatic hydroxyl groups is 1. The van der Waals surface area contributed by atoms with Crippen molar-refractivity contribution >= 4 is 5.91 Å². The van der Waals surface area contributed by atoms with Crippen LogP contribution >= 0.6 is 0 Å². The minimum absolute atomic E-state index is 0.0929. The van der Waals surface area contributed by atoms with Crippen molar-refractivity contribution in [3.63, 3.8) is 0 Å². The zero-order valence-corrected chi connectivity index (χ0v) is 14.6. The topological polar surface area (TPSA) is 73.0 Å². The normalized spacial score (nSPS) is 27.7. The highest BCUT2D eigenvalue weighted by molar-refractivity contribution is 5.93. The fraction of sp³-hybridized carbons (Fsp3) is 0.765. The van der Waals surface area contributed by atoms with Crippen molar-refractivity contribution in [3.8, 4) is 0 Å². The van der Waals surface area contributed by atoms with Gasteiger partial charge in [0.1, 0.15) is 5.76 Å². The van der Waals surface area contributed by atoms with Gasteiger partial charge < -0.3 is 19.3 Å². The highest BCUT2D eigenvalue weighted by Gasteiger charge is 2.32. The van der Waals surface area contributed by atoms with Crippen molar-refractivity contribution in [2.75, 3.05) is 46.3 Å². The van der Waals surface area contributed by atoms with E-state index in [9.17, 15) is 9.90 Å². The van der Waals surface area contributed by atoms with Crippen LogP contribution in [0.25, 0.3) is 0 Å². The average Bonchev–Trinajstić information content (AvgIpc) is 2.75. The molecule has 2 atom stereocenters. The molecule has 24 heavy (non-hydrogen) atoms. The standard InChI is InChI=1S/C17H28N4O3/c1-13-16(18-12-24-13)17(23)21-8-4-14(15(22)5-9-21)20-7-3-6-19(2)10-11-20/h12,14-15,22H,3-11H2,1-2H3/t14-,15-/m0/s1. The van der Waals surface area contributed by atoms with Gasteiger partial charge in [0.2, 0.25) is 0 Å². The number of oxazole rings is 1. The molecule has 1 amide bonds. The molecular formula is C17H28N4O3. The number of aryl methyl sites for hydroxylation is 1. The van der Waals surface area contributed by atoms with Crippen LogP contribution in [-0.2, 0) is 0 Å². The number of carbonyl (C=O) groups excluding carboxylic acids is 1. The van der Waals surface area contributed by atoms with Crippen LogP contribution in [0, 0.1) is 6.92 Å². The quantitative estimate of drug-likeness (QED) is 0.852. The van der Waals surface area contributed by atoms with Crippen molar-refractivity contribution < 1.29 is 14.3 Å². The molecule has 1 aromatic rings. The molecule has 0 aliphatic carbocycles. The molecule has 0 saturated carbocycles. The number of likely N-dealkylation sites (N-methyl/N-ethyl adjacent to an activating group) is 1. The smallest absolute Gasteiger partial charge is 0.276 e. The number of hydrogen-bond donors (Lipinski definition) is 1. The van der Waals surface area contributed by atoms with E-state index in [1.54, 1.807) is 11.8 Å². The van der Waals surface area contributed by atoms with E-state index < -0.39 is 0 Å². The number of aromatic nitrogens is 1. The van der Waals surface area contributed by atoms with E-state index in [1.807, 2.05) is 0 Å². The van der Waals surface area contributed by atoms with Crippen LogP contribution in [0.3, 0.4) is 0 Å². The highest BCUT2D eigenvalue weighted by atomic mass is 16.3. The lowest BCUT2D eigenvalue weighted by atomic mass is 10.0. The Bertz CT molecular complexity index is 562. The molecule has 0 spiro atoms. The van der Waals surface area contributed by atoms with Gasteiger partial charge >= 0.3 is 0 Å². The molecule has 2 saturated heterocycles. The number of amides is 1. The molecule has 0 radical (unpaired) electrons. The molecule has 7 nitrogen and oxygen atoms in total. The van der Waals surface area contributed by atoms with E-state index in [1.165, 1.54) is 6.39 Å². The molecule has 2 aliphatic rings. The average molecular weight is 336 g/mol. The summed E-state index contributed by atoms with van der Waals surface area (Å²) in [5.41, 5.74) is 0.388. The lowest BCUT2D eigenvalue weighted by molar-refractivity contribution is 0.0491. The molecule has 2 aliphatic heterocycles. The first-order valence-electron chi connectivity index (χ1n) is 8.86. The van der Waals surface area contributed by atoms with E-state index in [-0.39, 0.29) is 18.1 Å². The molecule has 134 valence electrons. The van der Waals surface area contributed by atoms with E-state index >= 15 is 0 Å². The van der Waals surface area contributed by atoms with Crippen LogP contribution in [0.1, 0.15) is 35.5 Å². The van der Waals surface area contributed by atoms with Gasteiger partial charge in [-0.1, -0.05) is 0 Å². The van der Waals surface area contributed by atoms with Gasteiger partial charge in [-0.3, -0.25) is 9.69 Å². The van der Waals surface area contributed by atoms with Crippen LogP contribution in [-0.4, -0.2) is 89.2 Å². The Kier molecular flexibility index (Phi) is 5.53. The summed E-state index contributed by atoms with van der Waals surface area (Å²) in [7, 11) is 2.15. The number of nitrogens with zero attached hydrogens (tertiary/aromatic N) is 4. The molecule has 0 unspecified atom stereocenters. The van der Waals surface area contributed by atoms with Gasteiger partial charge in [-0.15, -0.1) is 0 Å². The van der Waals surface area contributed by atoms with Crippen molar-refractivity contribution in [2.45, 2.75) is 38.3 Å². The first-order valence-corrected chi connectivity index (χ1v) is 8.86. The zero-order chi connectivity index (χ0) is 17.1. The maximum absolute atomic E-state index is 12.6. The Morgan fingerprint density at radius 2 is 2.00 bits per heavy atom. The summed E-state index contributed by atoms with van der Waals surface area (Å²) in [6.07, 6.45) is 3.46. The monoisotopic (exact) mass is 336 g/mol. The number of likely N-dealkylation sites (tertiary alicyclic amines) is 1. The number of rotatable bonds is 2. The molecule has 0 aromatic carbocycles. The van der Waals surface area contributed by atoms with Gasteiger partial charge in [0.05, 0.1) is 6.10 Å². The van der Waals surface area contributed by atoms with E-state index in [2.05, 4.69) is 21.8 Å². The Balaban J connectivity index is 1.64. The molecule has 7 heteroatoms. The van der Waals surface area contributed by atoms with E-state index in [0.29, 0.717) is 31.0 Å². The summed E-state index contributed by atoms with van der Waals surface area (Å²) in [4.78, 5) is 23.2. The van der Waals surface area contributed by atoms with Gasteiger partial charge in [-0.25, -0.2) is 4.98 Å². The third-order valence-electron chi connectivity index (χ3n) is 5.29. The summed E-state index contributed by atoms with van der Waals surface area (Å²) in [6, 6.07) is 0.132. The third kappa shape index (κ3) is 3.79. The van der Waals surface area contributed by atoms with Crippen LogP contribution in [0.4, 0.5) is 0 Å². The molecular weight excluding hydrogens is 308 g/mol. The minimum atomic E-state index is -0.385. The SMILES string of the molecule is Cc1ocnc1C(=O)N1CC[C@H](O)[C@@H](N2CCCN(C)CC2)CC1. The summed E-state index contributed by atoms with van der Waals surface area (Å²) >= 11 is 0. The molecule has 3 heterocycles. The minimum Gasteiger partial charge on any atom is -0.448 e. The Hall–Kier alpha value is -1.44. The maximum Gasteiger partial charge on any atom is 0.276 e. The van der Waals surface area contributed by atoms with Gasteiger partial charge in [-0.05, 0) is 46.3 Å². The van der Waals surface area contributed by atoms with Crippen molar-refractivity contribution in [1.82, 2.24) is 19.7 Å². The third-order valence-corrected chi connectivity index (χ3v) is 5.29. The number of hydrogen-bond acceptors (Lipinski definition) is 6. The van der Waals surface area contributed by atoms with E-state index in [0.717, 1.165) is 39.0 Å². The highest BCUT2D eigenvalue weighted by Crippen LogP contribution is 2.21. The van der Waals surface area contributed by atoms with Crippen molar-refractivity contribution in [1.29, 1.82) is 0 Å².